The molecule has 0 saturated carbocycles. The summed E-state index contributed by atoms with van der Waals surface area (Å²) in [6.07, 6.45) is -15.0. The topological polar surface area (TPSA) is 95.4 Å². The number of anilines is 3. The fourth-order valence-electron chi connectivity index (χ4n) is 6.46. The predicted octanol–water partition coefficient (Wildman–Crippen LogP) is 8.71. The van der Waals surface area contributed by atoms with Crippen molar-refractivity contribution >= 4 is 29.3 Å². The van der Waals surface area contributed by atoms with Crippen LogP contribution in [0.3, 0.4) is 0 Å². The lowest BCUT2D eigenvalue weighted by Gasteiger charge is -2.44. The van der Waals surface area contributed by atoms with Crippen LogP contribution in [0.15, 0.2) is 54.7 Å². The maximum absolute atomic E-state index is 14.2. The number of carboxylic acids is 1. The number of morpholine rings is 1. The Morgan fingerprint density at radius 2 is 1.55 bits per heavy atom. The standard InChI is InChI=1S/C35H35F9N4O5/c1-2-25-18-29(27-17-22(33(36,37)38)5-7-28(27)48(25)32(51)53-11-3-4-31(49)50)47(30-8-6-26(19-45-30)46-9-12-52-13-10-46)20-21-14-23(34(39,40)41)16-24(15-21)35(42,43)44/h5-8,14-17,19,25,29H,2-4,9-13,18,20H2,1H3,(H,49,50)/t25-,29+/m1/s1. The third-order valence-corrected chi connectivity index (χ3v) is 9.04. The van der Waals surface area contributed by atoms with Crippen LogP contribution in [0, 0.1) is 0 Å². The Kier molecular flexibility index (Phi) is 11.7. The summed E-state index contributed by atoms with van der Waals surface area (Å²) < 4.78 is 137. The monoisotopic (exact) mass is 762 g/mol. The highest BCUT2D eigenvalue weighted by molar-refractivity contribution is 5.90. The molecule has 53 heavy (non-hydrogen) atoms. The van der Waals surface area contributed by atoms with Crippen molar-refractivity contribution in [3.63, 3.8) is 0 Å². The van der Waals surface area contributed by atoms with Gasteiger partial charge in [-0.1, -0.05) is 6.92 Å². The van der Waals surface area contributed by atoms with Gasteiger partial charge < -0.3 is 24.4 Å². The van der Waals surface area contributed by atoms with Crippen LogP contribution in [0.1, 0.15) is 66.5 Å². The zero-order chi connectivity index (χ0) is 38.7. The van der Waals surface area contributed by atoms with Gasteiger partial charge in [-0.25, -0.2) is 9.78 Å². The molecule has 0 spiro atoms. The van der Waals surface area contributed by atoms with Gasteiger partial charge in [0.25, 0.3) is 0 Å². The molecule has 1 N–H and O–H groups in total. The highest BCUT2D eigenvalue weighted by atomic mass is 19.4. The minimum Gasteiger partial charge on any atom is -0.481 e. The lowest BCUT2D eigenvalue weighted by atomic mass is 9.87. The number of aliphatic carboxylic acids is 1. The first-order chi connectivity index (χ1) is 24.9. The van der Waals surface area contributed by atoms with Gasteiger partial charge in [-0.15, -0.1) is 0 Å². The van der Waals surface area contributed by atoms with Gasteiger partial charge in [0.1, 0.15) is 5.82 Å². The van der Waals surface area contributed by atoms with E-state index in [0.29, 0.717) is 44.1 Å². The van der Waals surface area contributed by atoms with Crippen molar-refractivity contribution in [1.29, 1.82) is 0 Å². The molecule has 2 aromatic carbocycles. The van der Waals surface area contributed by atoms with E-state index in [1.54, 1.807) is 13.0 Å². The maximum Gasteiger partial charge on any atom is 0.416 e. The summed E-state index contributed by atoms with van der Waals surface area (Å²) in [7, 11) is 0. The predicted molar refractivity (Wildman–Crippen MR) is 173 cm³/mol. The average molecular weight is 763 g/mol. The van der Waals surface area contributed by atoms with Crippen LogP contribution >= 0.6 is 0 Å². The first-order valence-electron chi connectivity index (χ1n) is 16.6. The van der Waals surface area contributed by atoms with Gasteiger partial charge in [0, 0.05) is 32.1 Å². The molecule has 0 aliphatic carbocycles. The zero-order valence-electron chi connectivity index (χ0n) is 28.2. The Labute approximate surface area is 297 Å². The molecule has 2 aliphatic heterocycles. The SMILES string of the molecule is CC[C@@H]1C[C@H](N(Cc2cc(C(F)(F)F)cc(C(F)(F)F)c2)c2ccc(N3CCOCC3)cn2)c2cc(C(F)(F)F)ccc2N1C(=O)OCCCC(=O)O. The van der Waals surface area contributed by atoms with Crippen LogP contribution < -0.4 is 14.7 Å². The number of rotatable bonds is 10. The molecule has 288 valence electrons. The number of carboxylic acid groups (broad SMARTS) is 1. The van der Waals surface area contributed by atoms with Crippen LogP contribution in [-0.2, 0) is 39.3 Å². The van der Waals surface area contributed by atoms with Crippen molar-refractivity contribution < 1.29 is 63.7 Å². The van der Waals surface area contributed by atoms with E-state index in [2.05, 4.69) is 4.98 Å². The summed E-state index contributed by atoms with van der Waals surface area (Å²) in [6.45, 7) is 2.64. The van der Waals surface area contributed by atoms with Crippen LogP contribution in [0.4, 0.5) is 61.5 Å². The van der Waals surface area contributed by atoms with E-state index in [4.69, 9.17) is 14.6 Å². The van der Waals surface area contributed by atoms with Crippen LogP contribution in [0.25, 0.3) is 0 Å². The highest BCUT2D eigenvalue weighted by Crippen LogP contribution is 2.46. The van der Waals surface area contributed by atoms with E-state index in [-0.39, 0.29) is 55.4 Å². The number of halogens is 9. The number of aromatic nitrogens is 1. The van der Waals surface area contributed by atoms with Crippen molar-refractivity contribution in [2.24, 2.45) is 0 Å². The number of amides is 1. The Hall–Kier alpha value is -4.74. The molecular weight excluding hydrogens is 727 g/mol. The Morgan fingerprint density at radius 1 is 0.906 bits per heavy atom. The zero-order valence-corrected chi connectivity index (χ0v) is 28.2. The first kappa shape index (κ1) is 39.5. The van der Waals surface area contributed by atoms with Crippen molar-refractivity contribution in [2.75, 3.05) is 47.6 Å². The number of fused-ring (bicyclic) bond motifs is 1. The van der Waals surface area contributed by atoms with Gasteiger partial charge in [0.15, 0.2) is 0 Å². The summed E-state index contributed by atoms with van der Waals surface area (Å²) in [6, 6.07) is 4.89. The van der Waals surface area contributed by atoms with Crippen LogP contribution in [0.5, 0.6) is 0 Å². The van der Waals surface area contributed by atoms with Gasteiger partial charge >= 0.3 is 30.6 Å². The Morgan fingerprint density at radius 3 is 2.09 bits per heavy atom. The van der Waals surface area contributed by atoms with Crippen molar-refractivity contribution in [3.05, 3.63) is 82.5 Å². The summed E-state index contributed by atoms with van der Waals surface area (Å²) in [5.41, 5.74) is -4.17. The van der Waals surface area contributed by atoms with Gasteiger partial charge in [-0.05, 0) is 78.9 Å². The molecule has 1 amide bonds. The fraction of sp³-hybridized carbons (Fsp3) is 0.457. The largest absolute Gasteiger partial charge is 0.481 e. The molecule has 2 atom stereocenters. The molecule has 0 unspecified atom stereocenters. The lowest BCUT2D eigenvalue weighted by molar-refractivity contribution is -0.143. The van der Waals surface area contributed by atoms with E-state index in [0.717, 1.165) is 23.1 Å². The van der Waals surface area contributed by atoms with Crippen LogP contribution in [0.2, 0.25) is 0 Å². The molecule has 2 aliphatic rings. The van der Waals surface area contributed by atoms with E-state index >= 15 is 0 Å². The van der Waals surface area contributed by atoms with Crippen molar-refractivity contribution in [1.82, 2.24) is 4.98 Å². The Bertz CT molecular complexity index is 1730. The molecule has 0 bridgehead atoms. The third-order valence-electron chi connectivity index (χ3n) is 9.04. The van der Waals surface area contributed by atoms with Gasteiger partial charge in [0.05, 0.1) is 60.1 Å². The number of hydrogen-bond acceptors (Lipinski definition) is 7. The van der Waals surface area contributed by atoms with Crippen LogP contribution in [-0.4, -0.2) is 61.1 Å². The van der Waals surface area contributed by atoms with Gasteiger partial charge in [-0.3, -0.25) is 9.69 Å². The highest BCUT2D eigenvalue weighted by Gasteiger charge is 2.42. The molecule has 3 heterocycles. The number of carbonyl (C=O) groups excluding carboxylic acids is 1. The maximum atomic E-state index is 14.2. The second-order valence-corrected chi connectivity index (χ2v) is 12.6. The number of pyridine rings is 1. The van der Waals surface area contributed by atoms with E-state index in [1.807, 2.05) is 4.90 Å². The fourth-order valence-corrected chi connectivity index (χ4v) is 6.46. The molecule has 9 nitrogen and oxygen atoms in total. The van der Waals surface area contributed by atoms with Crippen molar-refractivity contribution in [2.45, 2.75) is 69.8 Å². The molecule has 3 aromatic rings. The molecule has 5 rings (SSSR count). The summed E-state index contributed by atoms with van der Waals surface area (Å²) in [5.74, 6) is -1.09. The number of ether oxygens (including phenoxy) is 2. The smallest absolute Gasteiger partial charge is 0.416 e. The minimum absolute atomic E-state index is 0.0121. The minimum atomic E-state index is -5.16. The van der Waals surface area contributed by atoms with E-state index in [9.17, 15) is 49.1 Å². The third kappa shape index (κ3) is 9.44. The first-order valence-corrected chi connectivity index (χ1v) is 16.6. The number of hydrogen-bond donors (Lipinski definition) is 1. The molecule has 0 radical (unpaired) electrons. The van der Waals surface area contributed by atoms with E-state index < -0.39 is 71.5 Å². The summed E-state index contributed by atoms with van der Waals surface area (Å²) in [4.78, 5) is 33.3. The molecule has 18 heteroatoms. The normalized spacial score (nSPS) is 18.1. The van der Waals surface area contributed by atoms with E-state index in [1.165, 1.54) is 17.2 Å². The molecule has 1 saturated heterocycles. The van der Waals surface area contributed by atoms with Gasteiger partial charge in [0.2, 0.25) is 0 Å². The molecule has 1 fully saturated rings. The quantitative estimate of drug-likeness (QED) is 0.162. The lowest BCUT2D eigenvalue weighted by Crippen LogP contribution is -2.48. The molecule has 1 aromatic heterocycles. The Balaban J connectivity index is 1.65. The number of alkyl halides is 9. The number of carbonyl (C=O) groups is 2. The van der Waals surface area contributed by atoms with Crippen molar-refractivity contribution in [3.8, 4) is 0 Å². The summed E-state index contributed by atoms with van der Waals surface area (Å²) in [5, 5.41) is 8.93. The molecular formula is C35H35F9N4O5. The second kappa shape index (κ2) is 15.7. The average Bonchev–Trinajstić information content (AvgIpc) is 3.10. The number of benzene rings is 2. The summed E-state index contributed by atoms with van der Waals surface area (Å²) >= 11 is 0. The second-order valence-electron chi connectivity index (χ2n) is 12.6. The number of nitrogens with zero attached hydrogens (tertiary/aromatic N) is 4. The van der Waals surface area contributed by atoms with Gasteiger partial charge in [-0.2, -0.15) is 39.5 Å².